The summed E-state index contributed by atoms with van der Waals surface area (Å²) in [5.41, 5.74) is 0.861. The van der Waals surface area contributed by atoms with E-state index < -0.39 is 5.97 Å². The van der Waals surface area contributed by atoms with Crippen LogP contribution in [0.3, 0.4) is 0 Å². The number of aryl methyl sites for hydroxylation is 1. The molecule has 0 atom stereocenters. The number of rotatable bonds is 4. The molecule has 0 aliphatic carbocycles. The number of benzene rings is 2. The van der Waals surface area contributed by atoms with Crippen LogP contribution >= 0.6 is 43.5 Å². The van der Waals surface area contributed by atoms with Gasteiger partial charge in [-0.05, 0) is 48.9 Å². The summed E-state index contributed by atoms with van der Waals surface area (Å²) in [5.74, 6) is 0.456. The van der Waals surface area contributed by atoms with Gasteiger partial charge in [-0.15, -0.1) is 0 Å². The third-order valence-corrected chi connectivity index (χ3v) is 3.88. The summed E-state index contributed by atoms with van der Waals surface area (Å²) >= 11 is 12.7. The fraction of sp³-hybridized carbons (Fsp3) is 0.133. The molecule has 0 saturated heterocycles. The first-order valence-corrected chi connectivity index (χ1v) is 7.97. The fourth-order valence-corrected chi connectivity index (χ4v) is 2.81. The monoisotopic (exact) mass is 432 g/mol. The lowest BCUT2D eigenvalue weighted by Gasteiger charge is -2.10. The summed E-state index contributed by atoms with van der Waals surface area (Å²) in [4.78, 5) is 11.8. The standard InChI is InChI=1S/C15H11Br2ClO3/c1-9-6-10(16)2-4-13(9)21-15(19)8-20-14-5-3-11(17)7-12(14)18/h2-7H,8H2,1H3. The van der Waals surface area contributed by atoms with E-state index in [0.717, 1.165) is 14.5 Å². The summed E-state index contributed by atoms with van der Waals surface area (Å²) in [5, 5.41) is 0.428. The molecule has 0 amide bonds. The minimum absolute atomic E-state index is 0.211. The highest BCUT2D eigenvalue weighted by atomic mass is 79.9. The molecule has 0 heterocycles. The average molecular weight is 435 g/mol. The van der Waals surface area contributed by atoms with Crippen LogP contribution in [-0.2, 0) is 4.79 Å². The molecule has 110 valence electrons. The first-order valence-electron chi connectivity index (χ1n) is 6.00. The number of ether oxygens (including phenoxy) is 2. The van der Waals surface area contributed by atoms with Gasteiger partial charge in [0.05, 0.1) is 5.02 Å². The Morgan fingerprint density at radius 2 is 1.71 bits per heavy atom. The molecule has 0 N–H and O–H groups in total. The van der Waals surface area contributed by atoms with Gasteiger partial charge in [0.1, 0.15) is 11.5 Å². The molecular weight excluding hydrogens is 423 g/mol. The van der Waals surface area contributed by atoms with Crippen LogP contribution < -0.4 is 9.47 Å². The Morgan fingerprint density at radius 3 is 2.33 bits per heavy atom. The van der Waals surface area contributed by atoms with Crippen molar-refractivity contribution in [3.05, 3.63) is 55.9 Å². The Labute approximate surface area is 144 Å². The normalized spacial score (nSPS) is 10.3. The molecule has 0 aliphatic heterocycles. The van der Waals surface area contributed by atoms with E-state index in [2.05, 4.69) is 31.9 Å². The second kappa shape index (κ2) is 7.29. The Hall–Kier alpha value is -1.04. The van der Waals surface area contributed by atoms with Gasteiger partial charge in [-0.1, -0.05) is 43.5 Å². The molecular formula is C15H11Br2ClO3. The second-order valence-electron chi connectivity index (χ2n) is 4.25. The summed E-state index contributed by atoms with van der Waals surface area (Å²) in [6.45, 7) is 1.65. The van der Waals surface area contributed by atoms with E-state index in [1.807, 2.05) is 19.1 Å². The smallest absolute Gasteiger partial charge is 0.349 e. The van der Waals surface area contributed by atoms with Gasteiger partial charge < -0.3 is 9.47 Å². The fourth-order valence-electron chi connectivity index (χ4n) is 1.61. The maximum atomic E-state index is 11.8. The number of carbonyl (C=O) groups excluding carboxylic acids is 1. The van der Waals surface area contributed by atoms with Crippen molar-refractivity contribution in [1.29, 1.82) is 0 Å². The molecule has 0 aliphatic rings. The molecule has 0 spiro atoms. The second-order valence-corrected chi connectivity index (χ2v) is 6.49. The van der Waals surface area contributed by atoms with E-state index in [1.165, 1.54) is 0 Å². The molecule has 3 nitrogen and oxygen atoms in total. The van der Waals surface area contributed by atoms with Crippen molar-refractivity contribution in [1.82, 2.24) is 0 Å². The summed E-state index contributed by atoms with van der Waals surface area (Å²) in [6, 6.07) is 10.6. The van der Waals surface area contributed by atoms with Crippen LogP contribution in [0.1, 0.15) is 5.56 Å². The van der Waals surface area contributed by atoms with Crippen molar-refractivity contribution >= 4 is 49.4 Å². The lowest BCUT2D eigenvalue weighted by molar-refractivity contribution is -0.136. The minimum atomic E-state index is -0.487. The van der Waals surface area contributed by atoms with E-state index in [4.69, 9.17) is 21.1 Å². The number of carbonyl (C=O) groups is 1. The highest BCUT2D eigenvalue weighted by molar-refractivity contribution is 9.10. The van der Waals surface area contributed by atoms with Gasteiger partial charge in [0.2, 0.25) is 0 Å². The lowest BCUT2D eigenvalue weighted by atomic mass is 10.2. The SMILES string of the molecule is Cc1cc(Br)ccc1OC(=O)COc1ccc(Br)cc1Cl. The molecule has 0 fully saturated rings. The van der Waals surface area contributed by atoms with Gasteiger partial charge in [0.15, 0.2) is 6.61 Å². The Balaban J connectivity index is 1.96. The Kier molecular flexibility index (Phi) is 5.67. The third-order valence-electron chi connectivity index (χ3n) is 2.60. The summed E-state index contributed by atoms with van der Waals surface area (Å²) in [6.07, 6.45) is 0. The molecule has 6 heteroatoms. The number of esters is 1. The van der Waals surface area contributed by atoms with Crippen molar-refractivity contribution in [2.75, 3.05) is 6.61 Å². The van der Waals surface area contributed by atoms with Crippen LogP contribution in [0.4, 0.5) is 0 Å². The van der Waals surface area contributed by atoms with E-state index in [9.17, 15) is 4.79 Å². The van der Waals surface area contributed by atoms with E-state index >= 15 is 0 Å². The quantitative estimate of drug-likeness (QED) is 0.493. The van der Waals surface area contributed by atoms with E-state index in [0.29, 0.717) is 16.5 Å². The zero-order chi connectivity index (χ0) is 15.4. The molecule has 0 unspecified atom stereocenters. The minimum Gasteiger partial charge on any atom is -0.480 e. The van der Waals surface area contributed by atoms with Gasteiger partial charge in [-0.3, -0.25) is 0 Å². The third kappa shape index (κ3) is 4.73. The first kappa shape index (κ1) is 16.3. The Bertz CT molecular complexity index is 674. The van der Waals surface area contributed by atoms with Gasteiger partial charge in [0, 0.05) is 8.95 Å². The molecule has 2 aromatic carbocycles. The predicted molar refractivity (Wildman–Crippen MR) is 89.2 cm³/mol. The average Bonchev–Trinajstić information content (AvgIpc) is 2.41. The van der Waals surface area contributed by atoms with Crippen molar-refractivity contribution < 1.29 is 14.3 Å². The topological polar surface area (TPSA) is 35.5 Å². The molecule has 21 heavy (non-hydrogen) atoms. The van der Waals surface area contributed by atoms with E-state index in [-0.39, 0.29) is 6.61 Å². The predicted octanol–water partition coefficient (Wildman–Crippen LogP) is 5.16. The van der Waals surface area contributed by atoms with Crippen LogP contribution in [-0.4, -0.2) is 12.6 Å². The molecule has 2 rings (SSSR count). The van der Waals surface area contributed by atoms with Crippen LogP contribution in [0.25, 0.3) is 0 Å². The molecule has 2 aromatic rings. The van der Waals surface area contributed by atoms with Crippen LogP contribution in [0, 0.1) is 6.92 Å². The molecule has 0 radical (unpaired) electrons. The number of halogens is 3. The van der Waals surface area contributed by atoms with Gasteiger partial charge >= 0.3 is 5.97 Å². The summed E-state index contributed by atoms with van der Waals surface area (Å²) < 4.78 is 12.4. The molecule has 0 saturated carbocycles. The highest BCUT2D eigenvalue weighted by Gasteiger charge is 2.10. The van der Waals surface area contributed by atoms with Crippen LogP contribution in [0.15, 0.2) is 45.3 Å². The number of hydrogen-bond acceptors (Lipinski definition) is 3. The van der Waals surface area contributed by atoms with Crippen molar-refractivity contribution in [2.45, 2.75) is 6.92 Å². The lowest BCUT2D eigenvalue weighted by Crippen LogP contribution is -2.18. The Morgan fingerprint density at radius 1 is 1.10 bits per heavy atom. The molecule has 0 aromatic heterocycles. The highest BCUT2D eigenvalue weighted by Crippen LogP contribution is 2.28. The van der Waals surface area contributed by atoms with Crippen molar-refractivity contribution in [3.8, 4) is 11.5 Å². The maximum Gasteiger partial charge on any atom is 0.349 e. The molecule has 0 bridgehead atoms. The maximum absolute atomic E-state index is 11.8. The van der Waals surface area contributed by atoms with Crippen LogP contribution in [0.2, 0.25) is 5.02 Å². The zero-order valence-corrected chi connectivity index (χ0v) is 15.0. The van der Waals surface area contributed by atoms with Crippen molar-refractivity contribution in [2.24, 2.45) is 0 Å². The largest absolute Gasteiger partial charge is 0.480 e. The van der Waals surface area contributed by atoms with Gasteiger partial charge in [-0.2, -0.15) is 0 Å². The zero-order valence-electron chi connectivity index (χ0n) is 11.0. The van der Waals surface area contributed by atoms with Gasteiger partial charge in [-0.25, -0.2) is 4.79 Å². The van der Waals surface area contributed by atoms with Crippen LogP contribution in [0.5, 0.6) is 11.5 Å². The summed E-state index contributed by atoms with van der Waals surface area (Å²) in [7, 11) is 0. The van der Waals surface area contributed by atoms with Gasteiger partial charge in [0.25, 0.3) is 0 Å². The first-order chi connectivity index (χ1) is 9.95. The van der Waals surface area contributed by atoms with E-state index in [1.54, 1.807) is 24.3 Å². The van der Waals surface area contributed by atoms with Crippen molar-refractivity contribution in [3.63, 3.8) is 0 Å². The number of hydrogen-bond donors (Lipinski definition) is 0.